The fraction of sp³-hybridized carbons (Fsp3) is 0.278. The molecule has 0 aliphatic carbocycles. The van der Waals surface area contributed by atoms with Gasteiger partial charge in [-0.2, -0.15) is 5.26 Å². The second-order valence-corrected chi connectivity index (χ2v) is 5.23. The predicted molar refractivity (Wildman–Crippen MR) is 85.5 cm³/mol. The quantitative estimate of drug-likeness (QED) is 0.877. The van der Waals surface area contributed by atoms with E-state index in [4.69, 9.17) is 4.74 Å². The van der Waals surface area contributed by atoms with Crippen molar-refractivity contribution in [3.05, 3.63) is 59.7 Å². The molecule has 0 aliphatic rings. The van der Waals surface area contributed by atoms with Crippen molar-refractivity contribution in [2.45, 2.75) is 25.8 Å². The zero-order chi connectivity index (χ0) is 15.2. The van der Waals surface area contributed by atoms with E-state index in [2.05, 4.69) is 37.4 Å². The molecule has 0 saturated heterocycles. The Bertz CT molecular complexity index is 626. The molecule has 0 aromatic heterocycles. The number of methoxy groups -OCH3 is 1. The lowest BCUT2D eigenvalue weighted by Crippen LogP contribution is -2.09. The highest BCUT2D eigenvalue weighted by Crippen LogP contribution is 2.28. The van der Waals surface area contributed by atoms with Crippen molar-refractivity contribution in [3.8, 4) is 11.8 Å². The van der Waals surface area contributed by atoms with Crippen LogP contribution < -0.4 is 10.1 Å². The van der Waals surface area contributed by atoms with Gasteiger partial charge in [0.2, 0.25) is 0 Å². The average molecular weight is 280 g/mol. The summed E-state index contributed by atoms with van der Waals surface area (Å²) >= 11 is 0. The van der Waals surface area contributed by atoms with Crippen LogP contribution in [0.2, 0.25) is 0 Å². The highest BCUT2D eigenvalue weighted by atomic mass is 16.5. The Labute approximate surface area is 126 Å². The lowest BCUT2D eigenvalue weighted by atomic mass is 9.99. The standard InChI is InChI=1S/C18H20N2O/c1-13(2)14-8-10-15(11-9-14)17(12-19)20-16-6-4-5-7-18(16)21-3/h4-11,13,17,20H,1-3H3. The van der Waals surface area contributed by atoms with Gasteiger partial charge >= 0.3 is 0 Å². The molecule has 0 radical (unpaired) electrons. The van der Waals surface area contributed by atoms with Crippen molar-refractivity contribution in [1.29, 1.82) is 5.26 Å². The first kappa shape index (κ1) is 14.9. The molecule has 1 N–H and O–H groups in total. The third-order valence-electron chi connectivity index (χ3n) is 3.47. The van der Waals surface area contributed by atoms with Gasteiger partial charge < -0.3 is 10.1 Å². The van der Waals surface area contributed by atoms with Crippen molar-refractivity contribution in [3.63, 3.8) is 0 Å². The van der Waals surface area contributed by atoms with Crippen molar-refractivity contribution < 1.29 is 4.74 Å². The van der Waals surface area contributed by atoms with Crippen molar-refractivity contribution in [2.75, 3.05) is 12.4 Å². The highest BCUT2D eigenvalue weighted by Gasteiger charge is 2.13. The zero-order valence-corrected chi connectivity index (χ0v) is 12.6. The molecule has 1 unspecified atom stereocenters. The van der Waals surface area contributed by atoms with Crippen LogP contribution >= 0.6 is 0 Å². The van der Waals surface area contributed by atoms with Gasteiger partial charge in [0.1, 0.15) is 11.8 Å². The van der Waals surface area contributed by atoms with E-state index in [1.807, 2.05) is 36.4 Å². The van der Waals surface area contributed by atoms with Crippen molar-refractivity contribution in [2.24, 2.45) is 0 Å². The first-order chi connectivity index (χ1) is 10.2. The van der Waals surface area contributed by atoms with E-state index < -0.39 is 6.04 Å². The number of hydrogen-bond acceptors (Lipinski definition) is 3. The summed E-state index contributed by atoms with van der Waals surface area (Å²) < 4.78 is 5.31. The molecule has 0 amide bonds. The van der Waals surface area contributed by atoms with Gasteiger partial charge in [0.15, 0.2) is 0 Å². The number of ether oxygens (including phenoxy) is 1. The number of benzene rings is 2. The maximum absolute atomic E-state index is 9.43. The molecule has 0 aliphatic heterocycles. The molecule has 3 nitrogen and oxygen atoms in total. The van der Waals surface area contributed by atoms with E-state index in [0.717, 1.165) is 17.0 Å². The molecular formula is C18H20N2O. The summed E-state index contributed by atoms with van der Waals surface area (Å²) in [5.41, 5.74) is 3.04. The molecule has 108 valence electrons. The van der Waals surface area contributed by atoms with Crippen LogP contribution in [0.3, 0.4) is 0 Å². The molecule has 0 spiro atoms. The molecule has 2 rings (SSSR count). The van der Waals surface area contributed by atoms with E-state index in [1.165, 1.54) is 5.56 Å². The molecule has 3 heteroatoms. The number of nitriles is 1. The maximum atomic E-state index is 9.43. The summed E-state index contributed by atoms with van der Waals surface area (Å²) in [6, 6.07) is 17.7. The van der Waals surface area contributed by atoms with E-state index in [1.54, 1.807) is 7.11 Å². The van der Waals surface area contributed by atoms with Gasteiger partial charge in [0.25, 0.3) is 0 Å². The van der Waals surface area contributed by atoms with Crippen LogP contribution in [0, 0.1) is 11.3 Å². The fourth-order valence-corrected chi connectivity index (χ4v) is 2.18. The Morgan fingerprint density at radius 1 is 1.00 bits per heavy atom. The Morgan fingerprint density at radius 3 is 2.19 bits per heavy atom. The van der Waals surface area contributed by atoms with Crippen molar-refractivity contribution in [1.82, 2.24) is 0 Å². The lowest BCUT2D eigenvalue weighted by molar-refractivity contribution is 0.416. The van der Waals surface area contributed by atoms with Gasteiger partial charge in [-0.25, -0.2) is 0 Å². The Hall–Kier alpha value is -2.47. The summed E-state index contributed by atoms with van der Waals surface area (Å²) in [4.78, 5) is 0. The second-order valence-electron chi connectivity index (χ2n) is 5.23. The van der Waals surface area contributed by atoms with Crippen LogP contribution in [0.25, 0.3) is 0 Å². The van der Waals surface area contributed by atoms with Crippen LogP contribution in [0.1, 0.15) is 36.9 Å². The first-order valence-electron chi connectivity index (χ1n) is 7.04. The van der Waals surface area contributed by atoms with Crippen molar-refractivity contribution >= 4 is 5.69 Å². The molecule has 0 saturated carbocycles. The highest BCUT2D eigenvalue weighted by molar-refractivity contribution is 5.58. The molecular weight excluding hydrogens is 260 g/mol. The predicted octanol–water partition coefficient (Wildman–Crippen LogP) is 4.50. The van der Waals surface area contributed by atoms with Gasteiger partial charge in [-0.05, 0) is 29.2 Å². The normalized spacial score (nSPS) is 11.8. The van der Waals surface area contributed by atoms with Crippen LogP contribution in [-0.2, 0) is 0 Å². The molecule has 21 heavy (non-hydrogen) atoms. The maximum Gasteiger partial charge on any atom is 0.141 e. The lowest BCUT2D eigenvalue weighted by Gasteiger charge is -2.16. The van der Waals surface area contributed by atoms with Gasteiger partial charge in [-0.3, -0.25) is 0 Å². The minimum Gasteiger partial charge on any atom is -0.495 e. The summed E-state index contributed by atoms with van der Waals surface area (Å²) in [6.45, 7) is 4.31. The van der Waals surface area contributed by atoms with Crippen LogP contribution in [0.4, 0.5) is 5.69 Å². The summed E-state index contributed by atoms with van der Waals surface area (Å²) in [6.07, 6.45) is 0. The van der Waals surface area contributed by atoms with Crippen LogP contribution in [0.5, 0.6) is 5.75 Å². The molecule has 2 aromatic rings. The minimum atomic E-state index is -0.400. The third kappa shape index (κ3) is 3.55. The molecule has 2 aromatic carbocycles. The zero-order valence-electron chi connectivity index (χ0n) is 12.6. The average Bonchev–Trinajstić information content (AvgIpc) is 2.53. The minimum absolute atomic E-state index is 0.400. The Balaban J connectivity index is 2.22. The molecule has 0 bridgehead atoms. The largest absolute Gasteiger partial charge is 0.495 e. The van der Waals surface area contributed by atoms with Gasteiger partial charge in [-0.1, -0.05) is 50.2 Å². The number of nitrogens with zero attached hydrogens (tertiary/aromatic N) is 1. The summed E-state index contributed by atoms with van der Waals surface area (Å²) in [5, 5.41) is 12.7. The molecule has 0 fully saturated rings. The summed E-state index contributed by atoms with van der Waals surface area (Å²) in [7, 11) is 1.62. The van der Waals surface area contributed by atoms with E-state index in [0.29, 0.717) is 5.92 Å². The number of nitrogens with one attached hydrogen (secondary N) is 1. The molecule has 0 heterocycles. The third-order valence-corrected chi connectivity index (χ3v) is 3.47. The van der Waals surface area contributed by atoms with E-state index >= 15 is 0 Å². The summed E-state index contributed by atoms with van der Waals surface area (Å²) in [5.74, 6) is 1.22. The molecule has 1 atom stereocenters. The number of para-hydroxylation sites is 2. The topological polar surface area (TPSA) is 45.0 Å². The SMILES string of the molecule is COc1ccccc1NC(C#N)c1ccc(C(C)C)cc1. The van der Waals surface area contributed by atoms with E-state index in [-0.39, 0.29) is 0 Å². The van der Waals surface area contributed by atoms with Crippen LogP contribution in [0.15, 0.2) is 48.5 Å². The first-order valence-corrected chi connectivity index (χ1v) is 7.04. The Kier molecular flexibility index (Phi) is 4.84. The number of hydrogen-bond donors (Lipinski definition) is 1. The van der Waals surface area contributed by atoms with Gasteiger partial charge in [0.05, 0.1) is 18.9 Å². The van der Waals surface area contributed by atoms with Gasteiger partial charge in [0, 0.05) is 0 Å². The monoisotopic (exact) mass is 280 g/mol. The van der Waals surface area contributed by atoms with E-state index in [9.17, 15) is 5.26 Å². The number of anilines is 1. The fourth-order valence-electron chi connectivity index (χ4n) is 2.18. The second kappa shape index (κ2) is 6.81. The number of rotatable bonds is 5. The smallest absolute Gasteiger partial charge is 0.141 e. The van der Waals surface area contributed by atoms with Gasteiger partial charge in [-0.15, -0.1) is 0 Å². The van der Waals surface area contributed by atoms with Crippen LogP contribution in [-0.4, -0.2) is 7.11 Å². The Morgan fingerprint density at radius 2 is 1.62 bits per heavy atom.